The maximum atomic E-state index is 12.2. The molecule has 0 amide bonds. The van der Waals surface area contributed by atoms with Gasteiger partial charge in [0, 0.05) is 0 Å². The van der Waals surface area contributed by atoms with Crippen molar-refractivity contribution >= 4 is 11.6 Å². The van der Waals surface area contributed by atoms with E-state index in [0.29, 0.717) is 0 Å². The molecule has 0 aromatic rings. The SMILES string of the molecule is C=CC(C)OC(F)(F)C(F)Cl. The second kappa shape index (κ2) is 3.97. The van der Waals surface area contributed by atoms with Crippen molar-refractivity contribution in [2.24, 2.45) is 0 Å². The summed E-state index contributed by atoms with van der Waals surface area (Å²) >= 11 is 4.49. The van der Waals surface area contributed by atoms with Crippen LogP contribution in [0.4, 0.5) is 13.2 Å². The lowest BCUT2D eigenvalue weighted by molar-refractivity contribution is -0.268. The molecule has 0 aromatic heterocycles. The van der Waals surface area contributed by atoms with E-state index >= 15 is 0 Å². The van der Waals surface area contributed by atoms with Gasteiger partial charge in [0.1, 0.15) is 0 Å². The van der Waals surface area contributed by atoms with Gasteiger partial charge in [-0.1, -0.05) is 17.7 Å². The van der Waals surface area contributed by atoms with Crippen LogP contribution in [0.15, 0.2) is 12.7 Å². The molecule has 0 radical (unpaired) electrons. The van der Waals surface area contributed by atoms with Crippen LogP contribution in [0, 0.1) is 0 Å². The predicted octanol–water partition coefficient (Wildman–Crippen LogP) is 2.70. The average Bonchev–Trinajstić information content (AvgIpc) is 1.86. The molecule has 1 nitrogen and oxygen atoms in total. The van der Waals surface area contributed by atoms with E-state index in [1.54, 1.807) is 0 Å². The van der Waals surface area contributed by atoms with E-state index in [4.69, 9.17) is 0 Å². The molecule has 66 valence electrons. The number of halogens is 4. The first kappa shape index (κ1) is 10.8. The molecule has 0 saturated carbocycles. The van der Waals surface area contributed by atoms with E-state index in [1.807, 2.05) is 0 Å². The van der Waals surface area contributed by atoms with Crippen molar-refractivity contribution in [1.82, 2.24) is 0 Å². The first-order valence-electron chi connectivity index (χ1n) is 2.86. The summed E-state index contributed by atoms with van der Waals surface area (Å²) in [5.74, 6) is 0. The third-order valence-corrected chi connectivity index (χ3v) is 1.18. The van der Waals surface area contributed by atoms with Gasteiger partial charge in [-0.2, -0.15) is 8.78 Å². The van der Waals surface area contributed by atoms with Gasteiger partial charge in [0.05, 0.1) is 6.10 Å². The van der Waals surface area contributed by atoms with Gasteiger partial charge >= 0.3 is 6.11 Å². The number of rotatable bonds is 4. The van der Waals surface area contributed by atoms with Crippen LogP contribution in [0.2, 0.25) is 0 Å². The molecule has 0 spiro atoms. The van der Waals surface area contributed by atoms with E-state index in [-0.39, 0.29) is 0 Å². The third kappa shape index (κ3) is 3.62. The zero-order valence-corrected chi connectivity index (χ0v) is 6.62. The highest BCUT2D eigenvalue weighted by atomic mass is 35.5. The summed E-state index contributed by atoms with van der Waals surface area (Å²) in [4.78, 5) is 0. The molecular weight excluding hydrogens is 181 g/mol. The molecule has 0 aromatic carbocycles. The van der Waals surface area contributed by atoms with Crippen LogP contribution < -0.4 is 0 Å². The van der Waals surface area contributed by atoms with Gasteiger partial charge in [-0.3, -0.25) is 0 Å². The standard InChI is InChI=1S/C6H8ClF3O/c1-3-4(2)11-6(9,10)5(7)8/h3-5H,1H2,2H3. The van der Waals surface area contributed by atoms with E-state index in [2.05, 4.69) is 22.9 Å². The second-order valence-electron chi connectivity index (χ2n) is 1.92. The molecule has 0 rings (SSSR count). The Morgan fingerprint density at radius 3 is 2.36 bits per heavy atom. The van der Waals surface area contributed by atoms with Crippen LogP contribution >= 0.6 is 11.6 Å². The summed E-state index contributed by atoms with van der Waals surface area (Å²) < 4.78 is 40.1. The monoisotopic (exact) mass is 188 g/mol. The third-order valence-electron chi connectivity index (χ3n) is 0.929. The molecule has 0 aliphatic heterocycles. The summed E-state index contributed by atoms with van der Waals surface area (Å²) in [7, 11) is 0. The Bertz CT molecular complexity index is 138. The minimum Gasteiger partial charge on any atom is -0.310 e. The molecule has 0 N–H and O–H groups in total. The Morgan fingerprint density at radius 2 is 2.09 bits per heavy atom. The predicted molar refractivity (Wildman–Crippen MR) is 36.4 cm³/mol. The van der Waals surface area contributed by atoms with Crippen molar-refractivity contribution in [2.75, 3.05) is 0 Å². The molecule has 0 aliphatic rings. The molecule has 11 heavy (non-hydrogen) atoms. The topological polar surface area (TPSA) is 9.23 Å². The summed E-state index contributed by atoms with van der Waals surface area (Å²) in [6.07, 6.45) is -3.76. The molecule has 2 atom stereocenters. The molecule has 0 bridgehead atoms. The second-order valence-corrected chi connectivity index (χ2v) is 2.30. The highest BCUT2D eigenvalue weighted by Gasteiger charge is 2.41. The normalized spacial score (nSPS) is 17.5. The van der Waals surface area contributed by atoms with E-state index < -0.39 is 17.8 Å². The van der Waals surface area contributed by atoms with E-state index in [0.717, 1.165) is 6.08 Å². The molecule has 2 unspecified atom stereocenters. The molecular formula is C6H8ClF3O. The van der Waals surface area contributed by atoms with Gasteiger partial charge in [0.25, 0.3) is 5.63 Å². The van der Waals surface area contributed by atoms with Crippen LogP contribution in [-0.2, 0) is 4.74 Å². The van der Waals surface area contributed by atoms with Gasteiger partial charge < -0.3 is 4.74 Å². The minimum absolute atomic E-state index is 0.929. The first-order chi connectivity index (χ1) is 4.90. The van der Waals surface area contributed by atoms with Gasteiger partial charge in [0.2, 0.25) is 0 Å². The summed E-state index contributed by atoms with van der Waals surface area (Å²) in [6.45, 7) is 4.49. The number of ether oxygens (including phenoxy) is 1. The lowest BCUT2D eigenvalue weighted by Crippen LogP contribution is -2.32. The van der Waals surface area contributed by atoms with Crippen molar-refractivity contribution < 1.29 is 17.9 Å². The van der Waals surface area contributed by atoms with Crippen LogP contribution in [0.5, 0.6) is 0 Å². The zero-order chi connectivity index (χ0) is 9.07. The van der Waals surface area contributed by atoms with Crippen LogP contribution in [-0.4, -0.2) is 17.8 Å². The maximum Gasteiger partial charge on any atom is 0.401 e. The lowest BCUT2D eigenvalue weighted by Gasteiger charge is -2.19. The highest BCUT2D eigenvalue weighted by Crippen LogP contribution is 2.27. The van der Waals surface area contributed by atoms with Gasteiger partial charge in [0.15, 0.2) is 0 Å². The zero-order valence-electron chi connectivity index (χ0n) is 5.86. The Morgan fingerprint density at radius 1 is 1.64 bits per heavy atom. The fourth-order valence-electron chi connectivity index (χ4n) is 0.347. The Balaban J connectivity index is 4.00. The van der Waals surface area contributed by atoms with Crippen molar-refractivity contribution in [3.05, 3.63) is 12.7 Å². The number of hydrogen-bond donors (Lipinski definition) is 0. The van der Waals surface area contributed by atoms with Gasteiger partial charge in [-0.15, -0.1) is 6.58 Å². The van der Waals surface area contributed by atoms with Crippen molar-refractivity contribution in [3.63, 3.8) is 0 Å². The van der Waals surface area contributed by atoms with Crippen LogP contribution in [0.3, 0.4) is 0 Å². The highest BCUT2D eigenvalue weighted by molar-refractivity contribution is 6.20. The Labute approximate surface area is 67.8 Å². The fraction of sp³-hybridized carbons (Fsp3) is 0.667. The number of alkyl halides is 4. The van der Waals surface area contributed by atoms with E-state index in [1.165, 1.54) is 6.92 Å². The van der Waals surface area contributed by atoms with Crippen molar-refractivity contribution in [3.8, 4) is 0 Å². The smallest absolute Gasteiger partial charge is 0.310 e. The van der Waals surface area contributed by atoms with E-state index in [9.17, 15) is 13.2 Å². The van der Waals surface area contributed by atoms with Gasteiger partial charge in [-0.05, 0) is 6.92 Å². The molecule has 0 saturated heterocycles. The van der Waals surface area contributed by atoms with Crippen LogP contribution in [0.1, 0.15) is 6.92 Å². The Kier molecular flexibility index (Phi) is 3.89. The van der Waals surface area contributed by atoms with Crippen molar-refractivity contribution in [1.29, 1.82) is 0 Å². The summed E-state index contributed by atoms with van der Waals surface area (Å²) in [5.41, 5.74) is -2.83. The minimum atomic E-state index is -3.95. The fourth-order valence-corrected chi connectivity index (χ4v) is 0.399. The molecule has 0 fully saturated rings. The maximum absolute atomic E-state index is 12.2. The molecule has 5 heteroatoms. The Hall–Kier alpha value is -0.220. The largest absolute Gasteiger partial charge is 0.401 e. The average molecular weight is 189 g/mol. The molecule has 0 heterocycles. The first-order valence-corrected chi connectivity index (χ1v) is 3.30. The van der Waals surface area contributed by atoms with Crippen LogP contribution in [0.25, 0.3) is 0 Å². The lowest BCUT2D eigenvalue weighted by atomic mass is 10.4. The number of hydrogen-bond acceptors (Lipinski definition) is 1. The van der Waals surface area contributed by atoms with Crippen molar-refractivity contribution in [2.45, 2.75) is 24.8 Å². The molecule has 0 aliphatic carbocycles. The van der Waals surface area contributed by atoms with Gasteiger partial charge in [-0.25, -0.2) is 4.39 Å². The quantitative estimate of drug-likeness (QED) is 0.487. The summed E-state index contributed by atoms with van der Waals surface area (Å²) in [6, 6.07) is 0. The summed E-state index contributed by atoms with van der Waals surface area (Å²) in [5, 5.41) is 0.